The monoisotopic (exact) mass is 417 g/mol. The Morgan fingerprint density at radius 1 is 1.18 bits per heavy atom. The Morgan fingerprint density at radius 3 is 2.32 bits per heavy atom. The smallest absolute Gasteiger partial charge is 0.255 e. The average Bonchev–Trinajstić information content (AvgIpc) is 2.56. The zero-order chi connectivity index (χ0) is 16.1. The fourth-order valence-electron chi connectivity index (χ4n) is 3.13. The third kappa shape index (κ3) is 3.67. The number of rotatable bonds is 5. The first-order valence-electron chi connectivity index (χ1n) is 7.84. The minimum absolute atomic E-state index is 0.0970. The number of carbonyl (C=O) groups excluding carboxylic acids is 1. The third-order valence-electron chi connectivity index (χ3n) is 4.32. The van der Waals surface area contributed by atoms with Gasteiger partial charge in [-0.05, 0) is 54.5 Å². The van der Waals surface area contributed by atoms with Gasteiger partial charge in [0, 0.05) is 16.2 Å². The predicted octanol–water partition coefficient (Wildman–Crippen LogP) is 4.10. The van der Waals surface area contributed by atoms with Crippen molar-refractivity contribution in [3.8, 4) is 11.5 Å². The van der Waals surface area contributed by atoms with E-state index in [1.807, 2.05) is 11.0 Å². The molecule has 0 spiro atoms. The van der Waals surface area contributed by atoms with E-state index >= 15 is 0 Å². The Hall–Kier alpha value is -0.980. The number of carbonyl (C=O) groups is 1. The van der Waals surface area contributed by atoms with Crippen molar-refractivity contribution in [2.24, 2.45) is 0 Å². The van der Waals surface area contributed by atoms with Crippen LogP contribution < -0.4 is 9.47 Å². The summed E-state index contributed by atoms with van der Waals surface area (Å²) in [7, 11) is 3.20. The van der Waals surface area contributed by atoms with Gasteiger partial charge in [-0.15, -0.1) is 0 Å². The zero-order valence-corrected chi connectivity index (χ0v) is 15.7. The molecule has 22 heavy (non-hydrogen) atoms. The van der Waals surface area contributed by atoms with Gasteiger partial charge < -0.3 is 14.4 Å². The van der Waals surface area contributed by atoms with E-state index in [0.717, 1.165) is 23.0 Å². The molecule has 0 saturated heterocycles. The summed E-state index contributed by atoms with van der Waals surface area (Å²) in [6.07, 6.45) is 5.96. The van der Waals surface area contributed by atoms with E-state index < -0.39 is 0 Å². The molecule has 5 heteroatoms. The Morgan fingerprint density at radius 2 is 1.77 bits per heavy atom. The Kier molecular flexibility index (Phi) is 6.35. The molecule has 1 aliphatic carbocycles. The lowest BCUT2D eigenvalue weighted by Crippen LogP contribution is -2.41. The summed E-state index contributed by atoms with van der Waals surface area (Å²) in [5.74, 6) is 1.36. The van der Waals surface area contributed by atoms with Gasteiger partial charge in [-0.1, -0.05) is 19.3 Å². The van der Waals surface area contributed by atoms with Gasteiger partial charge in [0.25, 0.3) is 5.91 Å². The molecule has 2 rings (SSSR count). The Bertz CT molecular complexity index is 527. The zero-order valence-electron chi connectivity index (χ0n) is 13.5. The fourth-order valence-corrected chi connectivity index (χ4v) is 3.80. The first-order valence-corrected chi connectivity index (χ1v) is 8.92. The highest BCUT2D eigenvalue weighted by atomic mass is 127. The third-order valence-corrected chi connectivity index (χ3v) is 5.21. The molecule has 0 heterocycles. The van der Waals surface area contributed by atoms with Gasteiger partial charge in [-0.25, -0.2) is 0 Å². The maximum atomic E-state index is 13.0. The molecular weight excluding hydrogens is 393 g/mol. The van der Waals surface area contributed by atoms with Crippen molar-refractivity contribution >= 4 is 28.5 Å². The minimum Gasteiger partial charge on any atom is -0.493 e. The van der Waals surface area contributed by atoms with E-state index in [4.69, 9.17) is 9.47 Å². The summed E-state index contributed by atoms with van der Waals surface area (Å²) in [4.78, 5) is 15.0. The number of halogens is 1. The van der Waals surface area contributed by atoms with Crippen molar-refractivity contribution in [3.63, 3.8) is 0 Å². The maximum Gasteiger partial charge on any atom is 0.255 e. The van der Waals surface area contributed by atoms with Crippen LogP contribution in [0.2, 0.25) is 0 Å². The van der Waals surface area contributed by atoms with Crippen LogP contribution in [0.25, 0.3) is 0 Å². The van der Waals surface area contributed by atoms with Crippen molar-refractivity contribution < 1.29 is 14.3 Å². The number of hydrogen-bond donors (Lipinski definition) is 0. The Balaban J connectivity index is 2.30. The van der Waals surface area contributed by atoms with Crippen LogP contribution in [0.5, 0.6) is 11.5 Å². The van der Waals surface area contributed by atoms with Crippen LogP contribution in [0.1, 0.15) is 49.4 Å². The lowest BCUT2D eigenvalue weighted by atomic mass is 9.93. The second-order valence-electron chi connectivity index (χ2n) is 5.57. The van der Waals surface area contributed by atoms with Gasteiger partial charge in [0.1, 0.15) is 0 Å². The van der Waals surface area contributed by atoms with Crippen LogP contribution in [0, 0.1) is 3.57 Å². The Labute approximate surface area is 146 Å². The predicted molar refractivity (Wildman–Crippen MR) is 95.8 cm³/mol. The summed E-state index contributed by atoms with van der Waals surface area (Å²) in [5.41, 5.74) is 0.700. The van der Waals surface area contributed by atoms with Crippen LogP contribution in [0.15, 0.2) is 12.1 Å². The largest absolute Gasteiger partial charge is 0.493 e. The molecule has 1 amide bonds. The molecule has 1 aromatic rings. The van der Waals surface area contributed by atoms with E-state index in [-0.39, 0.29) is 5.91 Å². The summed E-state index contributed by atoms with van der Waals surface area (Å²) in [6.45, 7) is 2.80. The summed E-state index contributed by atoms with van der Waals surface area (Å²) in [6, 6.07) is 4.03. The lowest BCUT2D eigenvalue weighted by molar-refractivity contribution is 0.0646. The van der Waals surface area contributed by atoms with Crippen molar-refractivity contribution in [2.75, 3.05) is 20.8 Å². The van der Waals surface area contributed by atoms with Crippen molar-refractivity contribution in [1.29, 1.82) is 0 Å². The second-order valence-corrected chi connectivity index (χ2v) is 6.73. The standard InChI is InChI=1S/C17H24INO3/c1-4-19(12-8-6-5-7-9-12)17(20)13-10-15(21-2)16(22-3)11-14(13)18/h10-12H,4-9H2,1-3H3. The highest BCUT2D eigenvalue weighted by molar-refractivity contribution is 14.1. The van der Waals surface area contributed by atoms with Gasteiger partial charge in [0.15, 0.2) is 11.5 Å². The molecule has 0 bridgehead atoms. The van der Waals surface area contributed by atoms with Crippen LogP contribution in [-0.4, -0.2) is 37.6 Å². The van der Waals surface area contributed by atoms with Gasteiger partial charge in [-0.2, -0.15) is 0 Å². The van der Waals surface area contributed by atoms with Crippen LogP contribution in [0.3, 0.4) is 0 Å². The summed E-state index contributed by atoms with van der Waals surface area (Å²) >= 11 is 2.20. The minimum atomic E-state index is 0.0970. The molecule has 0 radical (unpaired) electrons. The molecule has 0 atom stereocenters. The lowest BCUT2D eigenvalue weighted by Gasteiger charge is -2.34. The molecular formula is C17H24INO3. The van der Waals surface area contributed by atoms with Gasteiger partial charge in [-0.3, -0.25) is 4.79 Å². The molecule has 0 aromatic heterocycles. The average molecular weight is 417 g/mol. The second kappa shape index (κ2) is 8.04. The van der Waals surface area contributed by atoms with Crippen LogP contribution in [-0.2, 0) is 0 Å². The molecule has 122 valence electrons. The molecule has 1 aromatic carbocycles. The van der Waals surface area contributed by atoms with Crippen molar-refractivity contribution in [3.05, 3.63) is 21.3 Å². The summed E-state index contributed by atoms with van der Waals surface area (Å²) < 4.78 is 11.5. The van der Waals surface area contributed by atoms with E-state index in [2.05, 4.69) is 29.5 Å². The molecule has 0 N–H and O–H groups in total. The number of methoxy groups -OCH3 is 2. The molecule has 0 unspecified atom stereocenters. The van der Waals surface area contributed by atoms with Gasteiger partial charge >= 0.3 is 0 Å². The molecule has 1 saturated carbocycles. The summed E-state index contributed by atoms with van der Waals surface area (Å²) in [5, 5.41) is 0. The first kappa shape index (κ1) is 17.4. The van der Waals surface area contributed by atoms with E-state index in [0.29, 0.717) is 23.1 Å². The fraction of sp³-hybridized carbons (Fsp3) is 0.588. The number of amides is 1. The SMILES string of the molecule is CCN(C(=O)c1cc(OC)c(OC)cc1I)C1CCCCC1. The quantitative estimate of drug-likeness (QED) is 0.678. The highest BCUT2D eigenvalue weighted by Crippen LogP contribution is 2.33. The normalized spacial score (nSPS) is 15.5. The van der Waals surface area contributed by atoms with E-state index in [9.17, 15) is 4.79 Å². The topological polar surface area (TPSA) is 38.8 Å². The maximum absolute atomic E-state index is 13.0. The highest BCUT2D eigenvalue weighted by Gasteiger charge is 2.27. The first-order chi connectivity index (χ1) is 10.6. The molecule has 1 fully saturated rings. The van der Waals surface area contributed by atoms with Crippen molar-refractivity contribution in [2.45, 2.75) is 45.1 Å². The van der Waals surface area contributed by atoms with Gasteiger partial charge in [0.2, 0.25) is 0 Å². The number of hydrogen-bond acceptors (Lipinski definition) is 3. The van der Waals surface area contributed by atoms with E-state index in [1.54, 1.807) is 20.3 Å². The van der Waals surface area contributed by atoms with Crippen LogP contribution in [0.4, 0.5) is 0 Å². The van der Waals surface area contributed by atoms with Crippen LogP contribution >= 0.6 is 22.6 Å². The number of nitrogens with zero attached hydrogens (tertiary/aromatic N) is 1. The van der Waals surface area contributed by atoms with Gasteiger partial charge in [0.05, 0.1) is 19.8 Å². The number of ether oxygens (including phenoxy) is 2. The number of benzene rings is 1. The van der Waals surface area contributed by atoms with E-state index in [1.165, 1.54) is 19.3 Å². The molecule has 4 nitrogen and oxygen atoms in total. The molecule has 1 aliphatic rings. The molecule has 0 aliphatic heterocycles. The van der Waals surface area contributed by atoms with Crippen molar-refractivity contribution in [1.82, 2.24) is 4.90 Å².